The van der Waals surface area contributed by atoms with E-state index in [4.69, 9.17) is 13.9 Å². The lowest BCUT2D eigenvalue weighted by molar-refractivity contribution is -0.257. The molecule has 37 heavy (non-hydrogen) atoms. The number of esters is 2. The van der Waals surface area contributed by atoms with Gasteiger partial charge in [-0.1, -0.05) is 34.6 Å². The van der Waals surface area contributed by atoms with Crippen LogP contribution in [0.15, 0.2) is 23.0 Å². The summed E-state index contributed by atoms with van der Waals surface area (Å²) in [6, 6.07) is 1.89. The smallest absolute Gasteiger partial charge is 0.302 e. The zero-order valence-corrected chi connectivity index (χ0v) is 23.1. The molecule has 0 saturated heterocycles. The zero-order chi connectivity index (χ0) is 27.1. The first-order valence-corrected chi connectivity index (χ1v) is 13.6. The molecule has 202 valence electrons. The van der Waals surface area contributed by atoms with Crippen LogP contribution in [-0.4, -0.2) is 35.7 Å². The Bertz CT molecular complexity index is 1130. The average Bonchev–Trinajstić information content (AvgIpc) is 3.41. The molecule has 4 fully saturated rings. The highest BCUT2D eigenvalue weighted by Gasteiger charge is 2.75. The van der Waals surface area contributed by atoms with Crippen LogP contribution in [0.5, 0.6) is 0 Å². The van der Waals surface area contributed by atoms with Gasteiger partial charge in [-0.05, 0) is 48.1 Å². The van der Waals surface area contributed by atoms with Gasteiger partial charge in [-0.25, -0.2) is 0 Å². The van der Waals surface area contributed by atoms with Crippen LogP contribution in [0.4, 0.5) is 0 Å². The Morgan fingerprint density at radius 2 is 1.51 bits per heavy atom. The molecule has 1 heterocycles. The van der Waals surface area contributed by atoms with Crippen molar-refractivity contribution in [3.63, 3.8) is 0 Å². The van der Waals surface area contributed by atoms with Crippen molar-refractivity contribution in [3.8, 4) is 0 Å². The second-order valence-electron chi connectivity index (χ2n) is 13.4. The van der Waals surface area contributed by atoms with Gasteiger partial charge >= 0.3 is 11.9 Å². The molecule has 0 aliphatic heterocycles. The molecule has 0 aromatic carbocycles. The lowest BCUT2D eigenvalue weighted by Crippen LogP contribution is -2.70. The maximum atomic E-state index is 14.1. The van der Waals surface area contributed by atoms with E-state index in [0.29, 0.717) is 32.1 Å². The standard InChI is InChI=1S/C30H40O7/c1-16(31)36-24-14-22-28(5)10-8-23(34)27(3,4)21(28)13-25(37-17(2)32)30(22,7)26-20(33)12-19(29(24,26)6)18-9-11-35-15-18/h9,11,15,19,21-22,24-26H,8,10,12-14H2,1-7H3/t19-,21-,22+,24-,25+,26+,28-,29+,30-/m0/s1. The van der Waals surface area contributed by atoms with Crippen molar-refractivity contribution in [3.05, 3.63) is 24.2 Å². The molecule has 5 rings (SSSR count). The minimum Gasteiger partial charge on any atom is -0.472 e. The molecular formula is C30H40O7. The van der Waals surface area contributed by atoms with Gasteiger partial charge in [0, 0.05) is 54.8 Å². The van der Waals surface area contributed by atoms with Crippen LogP contribution in [0.25, 0.3) is 0 Å². The van der Waals surface area contributed by atoms with Crippen LogP contribution in [0.2, 0.25) is 0 Å². The number of rotatable bonds is 3. The molecule has 0 amide bonds. The third-order valence-electron chi connectivity index (χ3n) is 11.4. The van der Waals surface area contributed by atoms with E-state index in [1.807, 2.05) is 19.9 Å². The van der Waals surface area contributed by atoms with E-state index in [1.54, 1.807) is 12.5 Å². The average molecular weight is 513 g/mol. The number of hydrogen-bond acceptors (Lipinski definition) is 7. The third kappa shape index (κ3) is 3.44. The van der Waals surface area contributed by atoms with Crippen LogP contribution in [0, 0.1) is 39.4 Å². The molecular weight excluding hydrogens is 472 g/mol. The number of ether oxygens (including phenoxy) is 2. The Kier molecular flexibility index (Phi) is 5.86. The summed E-state index contributed by atoms with van der Waals surface area (Å²) in [7, 11) is 0. The zero-order valence-electron chi connectivity index (χ0n) is 23.1. The van der Waals surface area contributed by atoms with Gasteiger partial charge in [0.1, 0.15) is 23.8 Å². The van der Waals surface area contributed by atoms with Crippen molar-refractivity contribution in [1.29, 1.82) is 0 Å². The number of fused-ring (bicyclic) bond motifs is 5. The lowest BCUT2D eigenvalue weighted by Gasteiger charge is -2.69. The predicted molar refractivity (Wildman–Crippen MR) is 134 cm³/mol. The summed E-state index contributed by atoms with van der Waals surface area (Å²) >= 11 is 0. The number of carbonyl (C=O) groups is 4. The monoisotopic (exact) mass is 512 g/mol. The molecule has 1 aromatic rings. The van der Waals surface area contributed by atoms with Crippen molar-refractivity contribution in [2.45, 2.75) is 98.7 Å². The summed E-state index contributed by atoms with van der Waals surface area (Å²) < 4.78 is 17.6. The van der Waals surface area contributed by atoms with Crippen LogP contribution in [-0.2, 0) is 28.7 Å². The van der Waals surface area contributed by atoms with Gasteiger partial charge < -0.3 is 13.9 Å². The first-order valence-electron chi connectivity index (χ1n) is 13.6. The van der Waals surface area contributed by atoms with Crippen molar-refractivity contribution in [2.24, 2.45) is 39.4 Å². The number of Topliss-reactive ketones (excluding diaryl/α,β-unsaturated/α-hetero) is 2. The highest BCUT2D eigenvalue weighted by Crippen LogP contribution is 2.74. The Labute approximate surface area is 219 Å². The molecule has 1 aromatic heterocycles. The molecule has 7 heteroatoms. The highest BCUT2D eigenvalue weighted by molar-refractivity contribution is 5.88. The maximum Gasteiger partial charge on any atom is 0.302 e. The van der Waals surface area contributed by atoms with E-state index in [1.165, 1.54) is 13.8 Å². The van der Waals surface area contributed by atoms with E-state index in [0.717, 1.165) is 5.56 Å². The fraction of sp³-hybridized carbons (Fsp3) is 0.733. The molecule has 0 unspecified atom stereocenters. The first-order chi connectivity index (χ1) is 17.2. The van der Waals surface area contributed by atoms with Crippen LogP contribution < -0.4 is 0 Å². The van der Waals surface area contributed by atoms with Crippen molar-refractivity contribution in [1.82, 2.24) is 0 Å². The topological polar surface area (TPSA) is 99.9 Å². The van der Waals surface area contributed by atoms with Crippen LogP contribution in [0.3, 0.4) is 0 Å². The molecule has 7 nitrogen and oxygen atoms in total. The molecule has 0 spiro atoms. The molecule has 0 radical (unpaired) electrons. The van der Waals surface area contributed by atoms with Crippen molar-refractivity contribution in [2.75, 3.05) is 0 Å². The third-order valence-corrected chi connectivity index (χ3v) is 11.4. The Balaban J connectivity index is 1.72. The summed E-state index contributed by atoms with van der Waals surface area (Å²) in [5.41, 5.74) is -1.31. The summed E-state index contributed by atoms with van der Waals surface area (Å²) in [5.74, 6) is -1.17. The quantitative estimate of drug-likeness (QED) is 0.509. The summed E-state index contributed by atoms with van der Waals surface area (Å²) in [6.45, 7) is 13.3. The Morgan fingerprint density at radius 3 is 2.08 bits per heavy atom. The van der Waals surface area contributed by atoms with E-state index in [-0.39, 0.29) is 46.7 Å². The highest BCUT2D eigenvalue weighted by atomic mass is 16.5. The number of carbonyl (C=O) groups excluding carboxylic acids is 4. The van der Waals surface area contributed by atoms with E-state index in [2.05, 4.69) is 20.8 Å². The normalized spacial score (nSPS) is 44.4. The summed E-state index contributed by atoms with van der Waals surface area (Å²) in [6.07, 6.45) is 4.88. The Hall–Kier alpha value is -2.44. The molecule has 4 aliphatic rings. The van der Waals surface area contributed by atoms with Crippen LogP contribution >= 0.6 is 0 Å². The molecule has 4 saturated carbocycles. The van der Waals surface area contributed by atoms with Gasteiger partial charge in [-0.2, -0.15) is 0 Å². The molecule has 9 atom stereocenters. The van der Waals surface area contributed by atoms with E-state index < -0.39 is 34.4 Å². The second kappa shape index (κ2) is 8.28. The fourth-order valence-corrected chi connectivity index (χ4v) is 9.88. The number of hydrogen-bond donors (Lipinski definition) is 0. The van der Waals surface area contributed by atoms with Gasteiger partial charge in [-0.15, -0.1) is 0 Å². The van der Waals surface area contributed by atoms with Gasteiger partial charge in [0.25, 0.3) is 0 Å². The number of furan rings is 1. The minimum atomic E-state index is -0.695. The summed E-state index contributed by atoms with van der Waals surface area (Å²) in [4.78, 5) is 52.1. The molecule has 0 N–H and O–H groups in total. The maximum absolute atomic E-state index is 14.1. The molecule has 0 bridgehead atoms. The van der Waals surface area contributed by atoms with Gasteiger partial charge in [-0.3, -0.25) is 19.2 Å². The predicted octanol–water partition coefficient (Wildman–Crippen LogP) is 5.26. The SMILES string of the molecule is CC(=O)O[C@H]1C[C@@H]2[C@@]3(C)CCC(=O)C(C)(C)[C@@H]3C[C@@H](OC(C)=O)[C@@]2(C)[C@@H]2C(=O)C[C@@H](c3ccoc3)[C@@]21C. The lowest BCUT2D eigenvalue weighted by atomic mass is 9.35. The van der Waals surface area contributed by atoms with Crippen LogP contribution in [0.1, 0.15) is 92.1 Å². The van der Waals surface area contributed by atoms with Gasteiger partial charge in [0.2, 0.25) is 0 Å². The largest absolute Gasteiger partial charge is 0.472 e. The van der Waals surface area contributed by atoms with Crippen molar-refractivity contribution < 1.29 is 33.1 Å². The second-order valence-corrected chi connectivity index (χ2v) is 13.4. The molecule has 4 aliphatic carbocycles. The number of ketones is 2. The van der Waals surface area contributed by atoms with E-state index in [9.17, 15) is 19.2 Å². The van der Waals surface area contributed by atoms with E-state index >= 15 is 0 Å². The summed E-state index contributed by atoms with van der Waals surface area (Å²) in [5, 5.41) is 0. The fourth-order valence-electron chi connectivity index (χ4n) is 9.88. The van der Waals surface area contributed by atoms with Crippen molar-refractivity contribution >= 4 is 23.5 Å². The van der Waals surface area contributed by atoms with Gasteiger partial charge in [0.15, 0.2) is 0 Å². The first kappa shape index (κ1) is 26.2. The van der Waals surface area contributed by atoms with Gasteiger partial charge in [0.05, 0.1) is 12.5 Å². The minimum absolute atomic E-state index is 0.0211. The Morgan fingerprint density at radius 1 is 0.919 bits per heavy atom.